The first-order chi connectivity index (χ1) is 16.0. The predicted octanol–water partition coefficient (Wildman–Crippen LogP) is 9.45. The number of aliphatic hydroxyl groups is 1. The molecule has 0 bridgehead atoms. The second-order valence-electron chi connectivity index (χ2n) is 14.0. The summed E-state index contributed by atoms with van der Waals surface area (Å²) in [5.74, 6) is 0. The first kappa shape index (κ1) is 34.7. The molecule has 1 rings (SSSR count). The number of hydrogen-bond acceptors (Lipinski definition) is 1. The Morgan fingerprint density at radius 1 is 0.686 bits per heavy atom. The van der Waals surface area contributed by atoms with Crippen molar-refractivity contribution in [3.8, 4) is 22.2 Å². The van der Waals surface area contributed by atoms with Gasteiger partial charge in [-0.1, -0.05) is 123 Å². The van der Waals surface area contributed by atoms with Gasteiger partial charge in [-0.2, -0.15) is 0 Å². The minimum Gasteiger partial charge on any atom is -0.396 e. The van der Waals surface area contributed by atoms with Crippen molar-refractivity contribution in [3.05, 3.63) is 12.2 Å². The van der Waals surface area contributed by atoms with Crippen molar-refractivity contribution < 1.29 is 5.11 Å². The molecule has 0 aliphatic heterocycles. The summed E-state index contributed by atoms with van der Waals surface area (Å²) in [5, 5.41) is 8.69. The molecule has 202 valence electrons. The fraction of sp³-hybridized carbons (Fsp3) is 0.800. The van der Waals surface area contributed by atoms with Crippen molar-refractivity contribution in [2.45, 2.75) is 148 Å². The highest BCUT2D eigenvalue weighted by atomic mass is 28.3. The Hall–Kier alpha value is -0.312. The SMILES string of the molecule is C=C1CCCCCC1[Si](C)(C)C#C[Si](C)(C)C.C[Si](C)(C)C#C[Si](C)(C)CCCCCCCCO. The number of hydrogen-bond donors (Lipinski definition) is 1. The summed E-state index contributed by atoms with van der Waals surface area (Å²) >= 11 is 0. The van der Waals surface area contributed by atoms with Gasteiger partial charge in [-0.3, -0.25) is 0 Å². The Morgan fingerprint density at radius 2 is 1.20 bits per heavy atom. The summed E-state index contributed by atoms with van der Waals surface area (Å²) in [7, 11) is -5.10. The molecule has 0 spiro atoms. The minimum atomic E-state index is -1.43. The van der Waals surface area contributed by atoms with Crippen LogP contribution in [0.4, 0.5) is 0 Å². The highest BCUT2D eigenvalue weighted by Gasteiger charge is 2.33. The van der Waals surface area contributed by atoms with E-state index in [-0.39, 0.29) is 0 Å². The zero-order valence-electron chi connectivity index (χ0n) is 25.4. The van der Waals surface area contributed by atoms with Gasteiger partial charge in [-0.15, -0.1) is 22.2 Å². The molecular formula is C30H60OSi4. The third-order valence-electron chi connectivity index (χ3n) is 6.60. The van der Waals surface area contributed by atoms with Gasteiger partial charge in [0.2, 0.25) is 0 Å². The summed E-state index contributed by atoms with van der Waals surface area (Å²) in [4.78, 5) is 0. The highest BCUT2D eigenvalue weighted by Crippen LogP contribution is 2.38. The molecule has 1 aliphatic rings. The quantitative estimate of drug-likeness (QED) is 0.0999. The van der Waals surface area contributed by atoms with Crippen LogP contribution in [-0.4, -0.2) is 44.0 Å². The lowest BCUT2D eigenvalue weighted by Crippen LogP contribution is -2.33. The minimum absolute atomic E-state index is 0.353. The first-order valence-electron chi connectivity index (χ1n) is 14.4. The fourth-order valence-corrected chi connectivity index (χ4v) is 13.5. The second-order valence-corrected chi connectivity index (χ2v) is 32.4. The van der Waals surface area contributed by atoms with Gasteiger partial charge in [-0.05, 0) is 37.3 Å². The van der Waals surface area contributed by atoms with Gasteiger partial charge < -0.3 is 5.11 Å². The largest absolute Gasteiger partial charge is 0.396 e. The maximum Gasteiger partial charge on any atom is 0.138 e. The average molecular weight is 549 g/mol. The van der Waals surface area contributed by atoms with Gasteiger partial charge in [0.05, 0.1) is 0 Å². The molecule has 1 atom stereocenters. The summed E-state index contributed by atoms with van der Waals surface area (Å²) in [6.45, 7) is 28.4. The molecule has 0 aromatic rings. The standard InChI is InChI=1S/C15H32OSi2.C15H28Si2/c1-17(2,3)14-15-18(4,5)13-11-9-7-6-8-10-12-16;1-14-10-8-7-9-11-15(14)17(5,6)13-12-16(2,3)4/h16H,6-13H2,1-5H3;15H,1,7-11H2,2-6H3. The van der Waals surface area contributed by atoms with Crippen LogP contribution in [-0.2, 0) is 0 Å². The molecule has 0 aromatic heterocycles. The maximum atomic E-state index is 8.69. The van der Waals surface area contributed by atoms with E-state index in [0.717, 1.165) is 12.0 Å². The molecule has 5 heteroatoms. The lowest BCUT2D eigenvalue weighted by molar-refractivity contribution is 0.282. The van der Waals surface area contributed by atoms with Crippen LogP contribution in [0.15, 0.2) is 12.2 Å². The van der Waals surface area contributed by atoms with E-state index in [1.54, 1.807) is 0 Å². The van der Waals surface area contributed by atoms with Crippen LogP contribution < -0.4 is 0 Å². The first-order valence-corrected chi connectivity index (χ1v) is 27.6. The van der Waals surface area contributed by atoms with Crippen LogP contribution >= 0.6 is 0 Å². The van der Waals surface area contributed by atoms with Gasteiger partial charge in [0.1, 0.15) is 32.3 Å². The molecule has 35 heavy (non-hydrogen) atoms. The summed E-state index contributed by atoms with van der Waals surface area (Å²) < 4.78 is 0. The molecule has 0 heterocycles. The molecule has 0 saturated heterocycles. The van der Waals surface area contributed by atoms with Crippen molar-refractivity contribution in [1.82, 2.24) is 0 Å². The molecule has 1 unspecified atom stereocenters. The molecule has 1 nitrogen and oxygen atoms in total. The van der Waals surface area contributed by atoms with Crippen molar-refractivity contribution >= 4 is 32.3 Å². The summed E-state index contributed by atoms with van der Waals surface area (Å²) in [6, 6.07) is 1.35. The number of rotatable bonds is 9. The zero-order chi connectivity index (χ0) is 27.2. The van der Waals surface area contributed by atoms with Crippen LogP contribution in [0.3, 0.4) is 0 Å². The van der Waals surface area contributed by atoms with Crippen molar-refractivity contribution in [3.63, 3.8) is 0 Å². The van der Waals surface area contributed by atoms with Crippen molar-refractivity contribution in [2.24, 2.45) is 0 Å². The summed E-state index contributed by atoms with van der Waals surface area (Å²) in [5.41, 5.74) is 16.8. The Kier molecular flexibility index (Phi) is 16.4. The smallest absolute Gasteiger partial charge is 0.138 e. The number of unbranched alkanes of at least 4 members (excludes halogenated alkanes) is 5. The van der Waals surface area contributed by atoms with Crippen LogP contribution in [0, 0.1) is 22.2 Å². The molecule has 1 N–H and O–H groups in total. The molecular weight excluding hydrogens is 489 g/mol. The van der Waals surface area contributed by atoms with E-state index in [1.165, 1.54) is 75.8 Å². The van der Waals surface area contributed by atoms with Crippen molar-refractivity contribution in [2.75, 3.05) is 6.61 Å². The van der Waals surface area contributed by atoms with E-state index in [2.05, 4.69) is 94.2 Å². The normalized spacial score (nSPS) is 17.2. The van der Waals surface area contributed by atoms with E-state index in [1.807, 2.05) is 0 Å². The van der Waals surface area contributed by atoms with Crippen LogP contribution in [0.5, 0.6) is 0 Å². The molecule has 0 aromatic carbocycles. The van der Waals surface area contributed by atoms with Crippen LogP contribution in [0.25, 0.3) is 0 Å². The monoisotopic (exact) mass is 548 g/mol. The van der Waals surface area contributed by atoms with E-state index in [9.17, 15) is 0 Å². The molecule has 1 saturated carbocycles. The Bertz CT molecular complexity index is 733. The molecule has 1 aliphatic carbocycles. The maximum absolute atomic E-state index is 8.69. The van der Waals surface area contributed by atoms with Gasteiger partial charge in [0.25, 0.3) is 0 Å². The topological polar surface area (TPSA) is 20.2 Å². The average Bonchev–Trinajstić information content (AvgIpc) is 2.95. The number of allylic oxidation sites excluding steroid dienone is 1. The van der Waals surface area contributed by atoms with E-state index in [4.69, 9.17) is 5.11 Å². The second kappa shape index (κ2) is 16.5. The van der Waals surface area contributed by atoms with E-state index in [0.29, 0.717) is 6.61 Å². The fourth-order valence-electron chi connectivity index (χ4n) is 4.37. The Labute approximate surface area is 225 Å². The third-order valence-corrected chi connectivity index (χ3v) is 14.5. The number of aliphatic hydroxyl groups excluding tert-OH is 1. The van der Waals surface area contributed by atoms with Crippen molar-refractivity contribution in [1.29, 1.82) is 0 Å². The molecule has 0 amide bonds. The van der Waals surface area contributed by atoms with Crippen LogP contribution in [0.1, 0.15) is 70.6 Å². The highest BCUT2D eigenvalue weighted by molar-refractivity contribution is 6.91. The predicted molar refractivity (Wildman–Crippen MR) is 173 cm³/mol. The Morgan fingerprint density at radius 3 is 1.74 bits per heavy atom. The Balaban J connectivity index is 0.000000661. The van der Waals surface area contributed by atoms with Gasteiger partial charge in [0.15, 0.2) is 0 Å². The van der Waals surface area contributed by atoms with Gasteiger partial charge >= 0.3 is 0 Å². The zero-order valence-corrected chi connectivity index (χ0v) is 29.4. The van der Waals surface area contributed by atoms with Crippen LogP contribution in [0.2, 0.25) is 77.1 Å². The lowest BCUT2D eigenvalue weighted by atomic mass is 10.1. The molecule has 0 radical (unpaired) electrons. The van der Waals surface area contributed by atoms with Gasteiger partial charge in [-0.25, -0.2) is 0 Å². The van der Waals surface area contributed by atoms with E-state index >= 15 is 0 Å². The molecule has 1 fully saturated rings. The van der Waals surface area contributed by atoms with Gasteiger partial charge in [0, 0.05) is 6.61 Å². The van der Waals surface area contributed by atoms with E-state index < -0.39 is 32.3 Å². The summed E-state index contributed by atoms with van der Waals surface area (Å²) in [6.07, 6.45) is 14.2. The lowest BCUT2D eigenvalue weighted by Gasteiger charge is -2.28. The third kappa shape index (κ3) is 19.5.